The van der Waals surface area contributed by atoms with Crippen LogP contribution in [0.3, 0.4) is 0 Å². The number of aliphatic hydroxyl groups excluding tert-OH is 1. The SMILES string of the molecule is CC[C@H](C)n1nccc1NC(=O)N(CCCO)Cc1ccc(Cl)cc1. The van der Waals surface area contributed by atoms with Crippen LogP contribution in [0, 0.1) is 0 Å². The van der Waals surface area contributed by atoms with E-state index in [9.17, 15) is 4.79 Å². The predicted octanol–water partition coefficient (Wildman–Crippen LogP) is 3.92. The van der Waals surface area contributed by atoms with Gasteiger partial charge in [0, 0.05) is 30.8 Å². The van der Waals surface area contributed by atoms with Crippen molar-refractivity contribution in [1.29, 1.82) is 0 Å². The van der Waals surface area contributed by atoms with Crippen molar-refractivity contribution in [3.8, 4) is 0 Å². The lowest BCUT2D eigenvalue weighted by molar-refractivity contribution is 0.199. The van der Waals surface area contributed by atoms with Crippen molar-refractivity contribution in [3.63, 3.8) is 0 Å². The van der Waals surface area contributed by atoms with Crippen molar-refractivity contribution in [3.05, 3.63) is 47.1 Å². The number of aromatic nitrogens is 2. The number of carbonyl (C=O) groups excluding carboxylic acids is 1. The van der Waals surface area contributed by atoms with Crippen LogP contribution < -0.4 is 5.32 Å². The molecule has 0 aliphatic heterocycles. The summed E-state index contributed by atoms with van der Waals surface area (Å²) in [4.78, 5) is 14.4. The van der Waals surface area contributed by atoms with Gasteiger partial charge in [-0.1, -0.05) is 30.7 Å². The van der Waals surface area contributed by atoms with Crippen molar-refractivity contribution >= 4 is 23.4 Å². The number of hydrogen-bond acceptors (Lipinski definition) is 3. The Bertz CT molecular complexity index is 672. The molecule has 0 unspecified atom stereocenters. The summed E-state index contributed by atoms with van der Waals surface area (Å²) in [5, 5.41) is 17.0. The summed E-state index contributed by atoms with van der Waals surface area (Å²) in [6, 6.07) is 9.17. The second kappa shape index (κ2) is 9.44. The molecule has 2 amide bonds. The topological polar surface area (TPSA) is 70.4 Å². The monoisotopic (exact) mass is 364 g/mol. The van der Waals surface area contributed by atoms with E-state index in [2.05, 4.69) is 24.3 Å². The van der Waals surface area contributed by atoms with Gasteiger partial charge >= 0.3 is 6.03 Å². The lowest BCUT2D eigenvalue weighted by atomic mass is 10.2. The first kappa shape index (κ1) is 19.3. The van der Waals surface area contributed by atoms with Gasteiger partial charge in [0.25, 0.3) is 0 Å². The second-order valence-electron chi connectivity index (χ2n) is 5.97. The highest BCUT2D eigenvalue weighted by molar-refractivity contribution is 6.30. The number of halogens is 1. The van der Waals surface area contributed by atoms with Gasteiger partial charge in [0.05, 0.1) is 12.2 Å². The van der Waals surface area contributed by atoms with Crippen LogP contribution >= 0.6 is 11.6 Å². The fourth-order valence-electron chi connectivity index (χ4n) is 2.45. The number of anilines is 1. The fraction of sp³-hybridized carbons (Fsp3) is 0.444. The Balaban J connectivity index is 2.10. The Hall–Kier alpha value is -2.05. The average Bonchev–Trinajstić information content (AvgIpc) is 3.07. The molecule has 0 radical (unpaired) electrons. The van der Waals surface area contributed by atoms with Gasteiger partial charge in [-0.05, 0) is 37.5 Å². The highest BCUT2D eigenvalue weighted by atomic mass is 35.5. The second-order valence-corrected chi connectivity index (χ2v) is 6.41. The van der Waals surface area contributed by atoms with E-state index < -0.39 is 0 Å². The minimum Gasteiger partial charge on any atom is -0.396 e. The molecule has 1 heterocycles. The molecule has 1 atom stereocenters. The maximum atomic E-state index is 12.7. The van der Waals surface area contributed by atoms with Gasteiger partial charge in [0.1, 0.15) is 5.82 Å². The third kappa shape index (κ3) is 5.47. The van der Waals surface area contributed by atoms with Gasteiger partial charge in [-0.15, -0.1) is 0 Å². The van der Waals surface area contributed by atoms with E-state index in [1.165, 1.54) is 0 Å². The van der Waals surface area contributed by atoms with E-state index in [1.54, 1.807) is 29.3 Å². The highest BCUT2D eigenvalue weighted by Crippen LogP contribution is 2.18. The lowest BCUT2D eigenvalue weighted by Crippen LogP contribution is -2.36. The number of rotatable bonds is 8. The van der Waals surface area contributed by atoms with E-state index in [-0.39, 0.29) is 18.7 Å². The summed E-state index contributed by atoms with van der Waals surface area (Å²) in [6.45, 7) is 5.07. The van der Waals surface area contributed by atoms with Crippen LogP contribution in [0.2, 0.25) is 5.02 Å². The standard InChI is InChI=1S/C18H25ClN4O2/c1-3-14(2)23-17(9-10-20-23)21-18(25)22(11-4-12-24)13-15-5-7-16(19)8-6-15/h5-10,14,24H,3-4,11-13H2,1-2H3,(H,21,25)/t14-/m0/s1. The number of nitrogens with zero attached hydrogens (tertiary/aromatic N) is 3. The normalized spacial score (nSPS) is 12.0. The van der Waals surface area contributed by atoms with Crippen LogP contribution in [0.1, 0.15) is 38.3 Å². The van der Waals surface area contributed by atoms with Crippen molar-refractivity contribution in [2.45, 2.75) is 39.3 Å². The quantitative estimate of drug-likeness (QED) is 0.745. The van der Waals surface area contributed by atoms with Gasteiger partial charge in [0.15, 0.2) is 0 Å². The summed E-state index contributed by atoms with van der Waals surface area (Å²) >= 11 is 5.91. The Morgan fingerprint density at radius 3 is 2.72 bits per heavy atom. The van der Waals surface area contributed by atoms with E-state index in [0.717, 1.165) is 12.0 Å². The van der Waals surface area contributed by atoms with Crippen LogP contribution in [-0.2, 0) is 6.54 Å². The minimum atomic E-state index is -0.214. The summed E-state index contributed by atoms with van der Waals surface area (Å²) in [5.41, 5.74) is 0.980. The van der Waals surface area contributed by atoms with Crippen molar-refractivity contribution in [2.75, 3.05) is 18.5 Å². The van der Waals surface area contributed by atoms with Crippen molar-refractivity contribution < 1.29 is 9.90 Å². The molecule has 0 fully saturated rings. The molecular weight excluding hydrogens is 340 g/mol. The molecule has 0 bridgehead atoms. The summed E-state index contributed by atoms with van der Waals surface area (Å²) in [5.74, 6) is 0.671. The first-order valence-corrected chi connectivity index (χ1v) is 8.87. The zero-order valence-electron chi connectivity index (χ0n) is 14.7. The van der Waals surface area contributed by atoms with Crippen LogP contribution in [-0.4, -0.2) is 39.0 Å². The molecule has 25 heavy (non-hydrogen) atoms. The number of nitrogens with one attached hydrogen (secondary N) is 1. The van der Waals surface area contributed by atoms with Crippen molar-refractivity contribution in [1.82, 2.24) is 14.7 Å². The third-order valence-electron chi connectivity index (χ3n) is 4.07. The predicted molar refractivity (Wildman–Crippen MR) is 99.8 cm³/mol. The van der Waals surface area contributed by atoms with Gasteiger partial charge in [-0.2, -0.15) is 5.10 Å². The molecule has 0 aliphatic carbocycles. The molecule has 2 rings (SSSR count). The molecule has 136 valence electrons. The number of amides is 2. The highest BCUT2D eigenvalue weighted by Gasteiger charge is 2.17. The molecule has 0 saturated carbocycles. The van der Waals surface area contributed by atoms with Crippen LogP contribution in [0.15, 0.2) is 36.5 Å². The Morgan fingerprint density at radius 1 is 1.36 bits per heavy atom. The first-order chi connectivity index (χ1) is 12.0. The van der Waals surface area contributed by atoms with Gasteiger partial charge in [-0.3, -0.25) is 5.32 Å². The molecule has 6 nitrogen and oxygen atoms in total. The van der Waals surface area contributed by atoms with E-state index in [1.807, 2.05) is 16.8 Å². The van der Waals surface area contributed by atoms with Crippen molar-refractivity contribution in [2.24, 2.45) is 0 Å². The summed E-state index contributed by atoms with van der Waals surface area (Å²) < 4.78 is 1.81. The molecule has 2 N–H and O–H groups in total. The lowest BCUT2D eigenvalue weighted by Gasteiger charge is -2.24. The maximum absolute atomic E-state index is 12.7. The number of benzene rings is 1. The Labute approximate surface area is 153 Å². The summed E-state index contributed by atoms with van der Waals surface area (Å²) in [6.07, 6.45) is 3.12. The molecule has 2 aromatic rings. The van der Waals surface area contributed by atoms with E-state index >= 15 is 0 Å². The zero-order chi connectivity index (χ0) is 18.2. The maximum Gasteiger partial charge on any atom is 0.323 e. The van der Waals surface area contributed by atoms with E-state index in [0.29, 0.717) is 30.4 Å². The fourth-order valence-corrected chi connectivity index (χ4v) is 2.58. The van der Waals surface area contributed by atoms with Gasteiger partial charge < -0.3 is 10.0 Å². The minimum absolute atomic E-state index is 0.0369. The molecular formula is C18H25ClN4O2. The average molecular weight is 365 g/mol. The molecule has 1 aromatic carbocycles. The largest absolute Gasteiger partial charge is 0.396 e. The molecule has 0 spiro atoms. The number of aliphatic hydroxyl groups is 1. The van der Waals surface area contributed by atoms with Crippen LogP contribution in [0.5, 0.6) is 0 Å². The first-order valence-electron chi connectivity index (χ1n) is 8.50. The van der Waals surface area contributed by atoms with E-state index in [4.69, 9.17) is 16.7 Å². The number of carbonyl (C=O) groups is 1. The van der Waals surface area contributed by atoms with Gasteiger partial charge in [0.2, 0.25) is 0 Å². The Morgan fingerprint density at radius 2 is 2.08 bits per heavy atom. The summed E-state index contributed by atoms with van der Waals surface area (Å²) in [7, 11) is 0. The number of hydrogen-bond donors (Lipinski definition) is 2. The van der Waals surface area contributed by atoms with Crippen LogP contribution in [0.4, 0.5) is 10.6 Å². The molecule has 0 aliphatic rings. The van der Waals surface area contributed by atoms with Gasteiger partial charge in [-0.25, -0.2) is 9.48 Å². The molecule has 1 aromatic heterocycles. The van der Waals surface area contributed by atoms with Crippen LogP contribution in [0.25, 0.3) is 0 Å². The zero-order valence-corrected chi connectivity index (χ0v) is 15.4. The molecule has 7 heteroatoms. The Kier molecular flexibility index (Phi) is 7.28. The molecule has 0 saturated heterocycles. The third-order valence-corrected chi connectivity index (χ3v) is 4.33. The number of urea groups is 1. The smallest absolute Gasteiger partial charge is 0.323 e.